The van der Waals surface area contributed by atoms with Gasteiger partial charge in [0.1, 0.15) is 5.75 Å². The van der Waals surface area contributed by atoms with Gasteiger partial charge in [0, 0.05) is 11.5 Å². The fraction of sp³-hybridized carbons (Fsp3) is 0.286. The molecule has 1 heterocycles. The van der Waals surface area contributed by atoms with E-state index in [1.54, 1.807) is 13.0 Å². The van der Waals surface area contributed by atoms with Gasteiger partial charge in [-0.1, -0.05) is 12.1 Å². The maximum atomic E-state index is 11.7. The van der Waals surface area contributed by atoms with Crippen molar-refractivity contribution in [2.45, 2.75) is 12.8 Å². The van der Waals surface area contributed by atoms with Gasteiger partial charge < -0.3 is 14.5 Å². The molecule has 19 heavy (non-hydrogen) atoms. The van der Waals surface area contributed by atoms with Crippen LogP contribution < -0.4 is 10.3 Å². The largest absolute Gasteiger partial charge is 0.495 e. The lowest BCUT2D eigenvalue weighted by Crippen LogP contribution is -2.15. The Morgan fingerprint density at radius 3 is 2.68 bits per heavy atom. The summed E-state index contributed by atoms with van der Waals surface area (Å²) >= 11 is 0. The summed E-state index contributed by atoms with van der Waals surface area (Å²) in [7, 11) is 2.86. The van der Waals surface area contributed by atoms with Crippen LogP contribution in [0.1, 0.15) is 18.4 Å². The van der Waals surface area contributed by atoms with Crippen LogP contribution in [0.25, 0.3) is 10.9 Å². The minimum Gasteiger partial charge on any atom is -0.495 e. The van der Waals surface area contributed by atoms with Gasteiger partial charge >= 0.3 is 5.97 Å². The molecule has 0 amide bonds. The maximum absolute atomic E-state index is 11.7. The number of aromatic nitrogens is 1. The lowest BCUT2D eigenvalue weighted by atomic mass is 9.97. The Kier molecular flexibility index (Phi) is 3.55. The fourth-order valence-corrected chi connectivity index (χ4v) is 2.11. The highest BCUT2D eigenvalue weighted by Gasteiger charge is 2.19. The van der Waals surface area contributed by atoms with Crippen molar-refractivity contribution in [3.05, 3.63) is 40.2 Å². The molecule has 0 bridgehead atoms. The number of hydrogen-bond acceptors (Lipinski definition) is 4. The minimum absolute atomic E-state index is 0.275. The van der Waals surface area contributed by atoms with Gasteiger partial charge in [-0.2, -0.15) is 0 Å². The number of ether oxygens (including phenoxy) is 2. The number of carbonyl (C=O) groups excluding carboxylic acids is 1. The summed E-state index contributed by atoms with van der Waals surface area (Å²) in [6, 6.07) is 6.82. The molecule has 5 heteroatoms. The maximum Gasteiger partial charge on any atom is 0.312 e. The number of aromatic amines is 1. The zero-order chi connectivity index (χ0) is 14.0. The predicted octanol–water partition coefficient (Wildman–Crippen LogP) is 1.81. The highest BCUT2D eigenvalue weighted by atomic mass is 16.5. The van der Waals surface area contributed by atoms with Gasteiger partial charge in [-0.25, -0.2) is 0 Å². The van der Waals surface area contributed by atoms with E-state index < -0.39 is 5.92 Å². The lowest BCUT2D eigenvalue weighted by molar-refractivity contribution is -0.141. The van der Waals surface area contributed by atoms with Crippen molar-refractivity contribution in [2.24, 2.45) is 0 Å². The molecule has 2 aromatic rings. The van der Waals surface area contributed by atoms with Crippen LogP contribution in [0.3, 0.4) is 0 Å². The van der Waals surface area contributed by atoms with Crippen LogP contribution in [0.4, 0.5) is 0 Å². The number of para-hydroxylation sites is 1. The molecule has 0 radical (unpaired) electrons. The molecule has 0 aliphatic heterocycles. The molecular weight excluding hydrogens is 246 g/mol. The third-order valence-corrected chi connectivity index (χ3v) is 3.11. The van der Waals surface area contributed by atoms with Gasteiger partial charge in [0.15, 0.2) is 0 Å². The van der Waals surface area contributed by atoms with Crippen molar-refractivity contribution in [3.8, 4) is 5.75 Å². The molecule has 0 saturated heterocycles. The Hall–Kier alpha value is -2.30. The van der Waals surface area contributed by atoms with Crippen molar-refractivity contribution >= 4 is 16.9 Å². The second-order valence-corrected chi connectivity index (χ2v) is 4.22. The zero-order valence-electron chi connectivity index (χ0n) is 11.0. The van der Waals surface area contributed by atoms with E-state index in [1.165, 1.54) is 20.3 Å². The smallest absolute Gasteiger partial charge is 0.312 e. The van der Waals surface area contributed by atoms with Crippen molar-refractivity contribution in [3.63, 3.8) is 0 Å². The summed E-state index contributed by atoms with van der Waals surface area (Å²) in [5, 5.41) is 0.775. The number of benzene rings is 1. The molecule has 1 aromatic heterocycles. The molecule has 0 aliphatic carbocycles. The summed E-state index contributed by atoms with van der Waals surface area (Å²) in [4.78, 5) is 26.1. The molecule has 0 fully saturated rings. The molecule has 0 saturated carbocycles. The fourth-order valence-electron chi connectivity index (χ4n) is 2.11. The first kappa shape index (κ1) is 13.1. The predicted molar refractivity (Wildman–Crippen MR) is 71.6 cm³/mol. The molecule has 1 unspecified atom stereocenters. The van der Waals surface area contributed by atoms with E-state index in [2.05, 4.69) is 4.98 Å². The number of fused-ring (bicyclic) bond motifs is 1. The Morgan fingerprint density at radius 2 is 2.05 bits per heavy atom. The highest BCUT2D eigenvalue weighted by molar-refractivity contribution is 5.91. The average Bonchev–Trinajstić information content (AvgIpc) is 2.44. The highest BCUT2D eigenvalue weighted by Crippen LogP contribution is 2.29. The van der Waals surface area contributed by atoms with E-state index in [1.807, 2.05) is 12.1 Å². The van der Waals surface area contributed by atoms with Gasteiger partial charge in [-0.3, -0.25) is 9.59 Å². The first-order valence-corrected chi connectivity index (χ1v) is 5.86. The molecule has 5 nitrogen and oxygen atoms in total. The number of rotatable bonds is 3. The summed E-state index contributed by atoms with van der Waals surface area (Å²) in [6.07, 6.45) is 0. The molecule has 1 aromatic carbocycles. The van der Waals surface area contributed by atoms with E-state index in [-0.39, 0.29) is 11.5 Å². The summed E-state index contributed by atoms with van der Waals surface area (Å²) in [5.74, 6) is -0.329. The SMILES string of the molecule is COC(=O)C(C)c1cc(=O)[nH]c2c(OC)cccc12. The molecule has 100 valence electrons. The molecule has 2 rings (SSSR count). The third kappa shape index (κ3) is 2.31. The Morgan fingerprint density at radius 1 is 1.32 bits per heavy atom. The average molecular weight is 261 g/mol. The lowest BCUT2D eigenvalue weighted by Gasteiger charge is -2.13. The second kappa shape index (κ2) is 5.14. The topological polar surface area (TPSA) is 68.4 Å². The second-order valence-electron chi connectivity index (χ2n) is 4.22. The number of H-pyrrole nitrogens is 1. The molecule has 0 aliphatic rings. The van der Waals surface area contributed by atoms with E-state index in [4.69, 9.17) is 9.47 Å². The summed E-state index contributed by atoms with van der Waals surface area (Å²) < 4.78 is 9.95. The van der Waals surface area contributed by atoms with Crippen molar-refractivity contribution in [1.82, 2.24) is 4.98 Å². The number of hydrogen-bond donors (Lipinski definition) is 1. The molecular formula is C14H15NO4. The number of pyridine rings is 1. The normalized spacial score (nSPS) is 12.2. The van der Waals surface area contributed by atoms with Gasteiger partial charge in [0.2, 0.25) is 5.56 Å². The van der Waals surface area contributed by atoms with Gasteiger partial charge in [0.25, 0.3) is 0 Å². The monoisotopic (exact) mass is 261 g/mol. The Bertz CT molecular complexity index is 675. The van der Waals surface area contributed by atoms with Crippen molar-refractivity contribution in [2.75, 3.05) is 14.2 Å². The van der Waals surface area contributed by atoms with Crippen LogP contribution in [-0.2, 0) is 9.53 Å². The third-order valence-electron chi connectivity index (χ3n) is 3.11. The van der Waals surface area contributed by atoms with Gasteiger partial charge in [-0.05, 0) is 18.6 Å². The van der Waals surface area contributed by atoms with Crippen LogP contribution >= 0.6 is 0 Å². The first-order valence-electron chi connectivity index (χ1n) is 5.86. The van der Waals surface area contributed by atoms with E-state index >= 15 is 0 Å². The number of esters is 1. The molecule has 1 atom stereocenters. The van der Waals surface area contributed by atoms with Crippen molar-refractivity contribution < 1.29 is 14.3 Å². The molecule has 0 spiro atoms. The van der Waals surface area contributed by atoms with Gasteiger partial charge in [0.05, 0.1) is 25.7 Å². The number of nitrogens with one attached hydrogen (secondary N) is 1. The summed E-state index contributed by atoms with van der Waals surface area (Å²) in [5.41, 5.74) is 0.940. The Balaban J connectivity index is 2.74. The summed E-state index contributed by atoms with van der Waals surface area (Å²) in [6.45, 7) is 1.71. The van der Waals surface area contributed by atoms with E-state index in [9.17, 15) is 9.59 Å². The standard InChI is InChI=1S/C14H15NO4/c1-8(14(17)19-3)10-7-12(16)15-13-9(10)5-4-6-11(13)18-2/h4-8H,1-3H3,(H,15,16). The van der Waals surface area contributed by atoms with Gasteiger partial charge in [-0.15, -0.1) is 0 Å². The van der Waals surface area contributed by atoms with E-state index in [0.717, 1.165) is 5.39 Å². The number of methoxy groups -OCH3 is 2. The number of carbonyl (C=O) groups is 1. The van der Waals surface area contributed by atoms with Crippen LogP contribution in [0.5, 0.6) is 5.75 Å². The van der Waals surface area contributed by atoms with Crippen molar-refractivity contribution in [1.29, 1.82) is 0 Å². The van der Waals surface area contributed by atoms with E-state index in [0.29, 0.717) is 16.8 Å². The molecule has 1 N–H and O–H groups in total. The van der Waals surface area contributed by atoms with Crippen LogP contribution in [0.2, 0.25) is 0 Å². The van der Waals surface area contributed by atoms with Crippen LogP contribution in [0.15, 0.2) is 29.1 Å². The first-order chi connectivity index (χ1) is 9.08. The minimum atomic E-state index is -0.512. The zero-order valence-corrected chi connectivity index (χ0v) is 11.0. The van der Waals surface area contributed by atoms with Crippen LogP contribution in [-0.4, -0.2) is 25.2 Å². The Labute approximate surface area is 110 Å². The quantitative estimate of drug-likeness (QED) is 0.856. The van der Waals surface area contributed by atoms with Crippen LogP contribution in [0, 0.1) is 0 Å².